The summed E-state index contributed by atoms with van der Waals surface area (Å²) in [5.74, 6) is -0.174. The standard InChI is InChI=1S/C33H32F3NO5/c34-33(35,36)29-17-10-18-30(37-29)42-28-23-39-27(22-38-19-24-11-4-1-5-12-24)31(40-20-25-13-6-2-7-14-25)32(28)41-21-26-15-8-3-9-16-26/h1-18,27-28,31-32H,19-23H2/t27-,28+,31+,32-/m1/s1. The van der Waals surface area contributed by atoms with E-state index in [9.17, 15) is 13.2 Å². The van der Waals surface area contributed by atoms with Crippen molar-refractivity contribution in [2.24, 2.45) is 0 Å². The van der Waals surface area contributed by atoms with Gasteiger partial charge in [0.2, 0.25) is 5.88 Å². The zero-order valence-electron chi connectivity index (χ0n) is 22.9. The molecule has 6 nitrogen and oxygen atoms in total. The van der Waals surface area contributed by atoms with Crippen molar-refractivity contribution in [1.29, 1.82) is 0 Å². The number of benzene rings is 3. The Morgan fingerprint density at radius 1 is 0.667 bits per heavy atom. The second-order valence-corrected chi connectivity index (χ2v) is 9.91. The van der Waals surface area contributed by atoms with Crippen LogP contribution in [-0.4, -0.2) is 42.6 Å². The molecule has 3 aromatic carbocycles. The lowest BCUT2D eigenvalue weighted by atomic mass is 9.99. The van der Waals surface area contributed by atoms with Crippen molar-refractivity contribution in [2.75, 3.05) is 13.2 Å². The minimum Gasteiger partial charge on any atom is -0.469 e. The molecule has 1 fully saturated rings. The predicted octanol–water partition coefficient (Wildman–Crippen LogP) is 6.63. The molecule has 0 N–H and O–H groups in total. The molecule has 2 heterocycles. The lowest BCUT2D eigenvalue weighted by Gasteiger charge is -2.42. The molecule has 42 heavy (non-hydrogen) atoms. The van der Waals surface area contributed by atoms with Gasteiger partial charge in [0.1, 0.15) is 24.0 Å². The Labute approximate surface area is 243 Å². The molecule has 5 rings (SSSR count). The molecule has 1 aliphatic rings. The van der Waals surface area contributed by atoms with Crippen molar-refractivity contribution in [3.05, 3.63) is 132 Å². The molecule has 0 amide bonds. The van der Waals surface area contributed by atoms with Gasteiger partial charge in [-0.1, -0.05) is 97.1 Å². The molecule has 1 aliphatic heterocycles. The van der Waals surface area contributed by atoms with Gasteiger partial charge in [-0.25, -0.2) is 4.98 Å². The summed E-state index contributed by atoms with van der Waals surface area (Å²) in [6.07, 6.45) is -7.28. The van der Waals surface area contributed by atoms with Crippen molar-refractivity contribution in [1.82, 2.24) is 4.98 Å². The number of halogens is 3. The van der Waals surface area contributed by atoms with Gasteiger partial charge >= 0.3 is 6.18 Å². The van der Waals surface area contributed by atoms with Gasteiger partial charge in [-0.05, 0) is 22.8 Å². The monoisotopic (exact) mass is 579 g/mol. The van der Waals surface area contributed by atoms with E-state index >= 15 is 0 Å². The molecule has 0 unspecified atom stereocenters. The van der Waals surface area contributed by atoms with E-state index in [1.807, 2.05) is 91.0 Å². The van der Waals surface area contributed by atoms with Crippen LogP contribution in [0, 0.1) is 0 Å². The zero-order chi connectivity index (χ0) is 29.2. The van der Waals surface area contributed by atoms with Crippen LogP contribution in [0.1, 0.15) is 22.4 Å². The van der Waals surface area contributed by atoms with E-state index in [0.29, 0.717) is 6.61 Å². The largest absolute Gasteiger partial charge is 0.469 e. The number of alkyl halides is 3. The van der Waals surface area contributed by atoms with Crippen LogP contribution < -0.4 is 4.74 Å². The zero-order valence-corrected chi connectivity index (χ0v) is 22.9. The minimum absolute atomic E-state index is 0.0436. The first-order valence-corrected chi connectivity index (χ1v) is 13.7. The molecule has 0 spiro atoms. The van der Waals surface area contributed by atoms with E-state index in [2.05, 4.69) is 4.98 Å². The van der Waals surface area contributed by atoms with Gasteiger partial charge in [-0.2, -0.15) is 13.2 Å². The van der Waals surface area contributed by atoms with Gasteiger partial charge in [0, 0.05) is 6.07 Å². The van der Waals surface area contributed by atoms with E-state index in [-0.39, 0.29) is 32.3 Å². The van der Waals surface area contributed by atoms with Crippen LogP contribution in [0.2, 0.25) is 0 Å². The van der Waals surface area contributed by atoms with Gasteiger partial charge in [0.05, 0.1) is 33.0 Å². The van der Waals surface area contributed by atoms with Crippen molar-refractivity contribution in [2.45, 2.75) is 50.4 Å². The molecule has 1 saturated heterocycles. The molecule has 0 radical (unpaired) electrons. The Morgan fingerprint density at radius 2 is 1.21 bits per heavy atom. The molecule has 220 valence electrons. The summed E-state index contributed by atoms with van der Waals surface area (Å²) >= 11 is 0. The Kier molecular flexibility index (Phi) is 10.2. The molecule has 1 aromatic heterocycles. The SMILES string of the molecule is FC(F)(F)c1cccc(O[C@H]2CO[C@H](COCc3ccccc3)[C@H](OCc3ccccc3)[C@@H]2OCc2ccccc2)n1. The molecule has 0 saturated carbocycles. The molecule has 0 bridgehead atoms. The number of rotatable bonds is 12. The van der Waals surface area contributed by atoms with E-state index in [1.165, 1.54) is 12.1 Å². The van der Waals surface area contributed by atoms with Gasteiger partial charge in [0.25, 0.3) is 0 Å². The number of hydrogen-bond acceptors (Lipinski definition) is 6. The first-order valence-electron chi connectivity index (χ1n) is 13.7. The summed E-state index contributed by atoms with van der Waals surface area (Å²) in [6, 6.07) is 32.6. The lowest BCUT2D eigenvalue weighted by molar-refractivity contribution is -0.230. The van der Waals surface area contributed by atoms with Crippen molar-refractivity contribution < 1.29 is 36.9 Å². The average Bonchev–Trinajstić information content (AvgIpc) is 3.01. The molecular weight excluding hydrogens is 547 g/mol. The van der Waals surface area contributed by atoms with Crippen LogP contribution in [0.15, 0.2) is 109 Å². The Hall–Kier alpha value is -3.76. The molecule has 9 heteroatoms. The molecular formula is C33H32F3NO5. The summed E-state index contributed by atoms with van der Waals surface area (Å²) in [6.45, 7) is 1.15. The normalized spacial score (nSPS) is 20.7. The summed E-state index contributed by atoms with van der Waals surface area (Å²) in [4.78, 5) is 3.69. The number of aromatic nitrogens is 1. The quantitative estimate of drug-likeness (QED) is 0.188. The fourth-order valence-electron chi connectivity index (χ4n) is 4.67. The maximum atomic E-state index is 13.3. The second kappa shape index (κ2) is 14.4. The highest BCUT2D eigenvalue weighted by Gasteiger charge is 2.44. The van der Waals surface area contributed by atoms with Crippen molar-refractivity contribution in [3.8, 4) is 5.88 Å². The lowest BCUT2D eigenvalue weighted by Crippen LogP contribution is -2.58. The van der Waals surface area contributed by atoms with Gasteiger partial charge in [-0.3, -0.25) is 0 Å². The number of pyridine rings is 1. The van der Waals surface area contributed by atoms with Gasteiger partial charge < -0.3 is 23.7 Å². The van der Waals surface area contributed by atoms with Crippen LogP contribution in [0.25, 0.3) is 0 Å². The highest BCUT2D eigenvalue weighted by molar-refractivity contribution is 5.19. The number of nitrogens with zero attached hydrogens (tertiary/aromatic N) is 1. The van der Waals surface area contributed by atoms with Crippen molar-refractivity contribution in [3.63, 3.8) is 0 Å². The topological polar surface area (TPSA) is 59.0 Å². The Bertz CT molecular complexity index is 1360. The number of ether oxygens (including phenoxy) is 5. The highest BCUT2D eigenvalue weighted by Crippen LogP contribution is 2.31. The van der Waals surface area contributed by atoms with Gasteiger partial charge in [-0.15, -0.1) is 0 Å². The third kappa shape index (κ3) is 8.39. The first kappa shape index (κ1) is 29.7. The maximum Gasteiger partial charge on any atom is 0.433 e. The summed E-state index contributed by atoms with van der Waals surface area (Å²) in [7, 11) is 0. The summed E-state index contributed by atoms with van der Waals surface area (Å²) < 4.78 is 71.1. The fourth-order valence-corrected chi connectivity index (χ4v) is 4.67. The molecule has 4 aromatic rings. The molecule has 0 aliphatic carbocycles. The van der Waals surface area contributed by atoms with E-state index in [4.69, 9.17) is 23.7 Å². The Morgan fingerprint density at radius 3 is 1.79 bits per heavy atom. The van der Waals surface area contributed by atoms with Crippen molar-refractivity contribution >= 4 is 0 Å². The van der Waals surface area contributed by atoms with Crippen LogP contribution in [0.3, 0.4) is 0 Å². The van der Waals surface area contributed by atoms with Gasteiger partial charge in [0.15, 0.2) is 6.10 Å². The van der Waals surface area contributed by atoms with E-state index in [0.717, 1.165) is 22.8 Å². The average molecular weight is 580 g/mol. The third-order valence-electron chi connectivity index (χ3n) is 6.78. The van der Waals surface area contributed by atoms with E-state index < -0.39 is 36.3 Å². The minimum atomic E-state index is -4.60. The van der Waals surface area contributed by atoms with Crippen LogP contribution in [0.5, 0.6) is 5.88 Å². The smallest absolute Gasteiger partial charge is 0.433 e. The van der Waals surface area contributed by atoms with Crippen LogP contribution in [-0.2, 0) is 44.9 Å². The highest BCUT2D eigenvalue weighted by atomic mass is 19.4. The third-order valence-corrected chi connectivity index (χ3v) is 6.78. The fraction of sp³-hybridized carbons (Fsp3) is 0.303. The second-order valence-electron chi connectivity index (χ2n) is 9.91. The van der Waals surface area contributed by atoms with Crippen LogP contribution >= 0.6 is 0 Å². The molecule has 4 atom stereocenters. The predicted molar refractivity (Wildman–Crippen MR) is 150 cm³/mol. The summed E-state index contributed by atoms with van der Waals surface area (Å²) in [5.41, 5.74) is 1.86. The van der Waals surface area contributed by atoms with E-state index in [1.54, 1.807) is 0 Å². The summed E-state index contributed by atoms with van der Waals surface area (Å²) in [5, 5.41) is 0. The maximum absolute atomic E-state index is 13.3. The number of hydrogen-bond donors (Lipinski definition) is 0. The first-order chi connectivity index (χ1) is 20.5. The Balaban J connectivity index is 1.38. The van der Waals surface area contributed by atoms with Crippen LogP contribution in [0.4, 0.5) is 13.2 Å².